The van der Waals surface area contributed by atoms with E-state index in [1.54, 1.807) is 0 Å². The normalized spacial score (nSPS) is 15.9. The molecule has 1 fully saturated rings. The van der Waals surface area contributed by atoms with Crippen LogP contribution < -0.4 is 10.1 Å². The molecule has 1 aliphatic carbocycles. The molecule has 3 nitrogen and oxygen atoms in total. The van der Waals surface area contributed by atoms with Crippen molar-refractivity contribution in [1.82, 2.24) is 0 Å². The summed E-state index contributed by atoms with van der Waals surface area (Å²) < 4.78 is 5.62. The monoisotopic (exact) mass is 261 g/mol. The Morgan fingerprint density at radius 3 is 2.68 bits per heavy atom. The molecule has 1 amide bonds. The van der Waals surface area contributed by atoms with Crippen LogP contribution in [0.4, 0.5) is 5.69 Å². The smallest absolute Gasteiger partial charge is 0.230 e. The van der Waals surface area contributed by atoms with Gasteiger partial charge in [0.05, 0.1) is 6.61 Å². The van der Waals surface area contributed by atoms with Crippen molar-refractivity contribution in [3.63, 3.8) is 0 Å². The molecule has 0 saturated heterocycles. The van der Waals surface area contributed by atoms with Gasteiger partial charge in [0, 0.05) is 11.1 Å². The number of nitrogens with one attached hydrogen (secondary N) is 1. The minimum Gasteiger partial charge on any atom is -0.494 e. The molecule has 0 heterocycles. The minimum absolute atomic E-state index is 0.135. The molecule has 1 N–H and O–H groups in total. The van der Waals surface area contributed by atoms with Gasteiger partial charge in [-0.05, 0) is 49.9 Å². The predicted octanol–water partition coefficient (Wildman–Crippen LogP) is 3.78. The Kier molecular flexibility index (Phi) is 4.13. The van der Waals surface area contributed by atoms with Crippen molar-refractivity contribution in [1.29, 1.82) is 0 Å². The number of carbonyl (C=O) groups excluding carboxylic acids is 1. The van der Waals surface area contributed by atoms with Gasteiger partial charge in [-0.3, -0.25) is 4.79 Å². The Labute approximate surface area is 115 Å². The van der Waals surface area contributed by atoms with Crippen molar-refractivity contribution in [2.24, 2.45) is 5.41 Å². The van der Waals surface area contributed by atoms with Gasteiger partial charge in [-0.2, -0.15) is 0 Å². The number of hydrogen-bond acceptors (Lipinski definition) is 2. The first-order chi connectivity index (χ1) is 9.09. The molecule has 1 aromatic carbocycles. The van der Waals surface area contributed by atoms with E-state index in [1.165, 1.54) is 5.56 Å². The van der Waals surface area contributed by atoms with E-state index in [4.69, 9.17) is 4.74 Å². The third-order valence-corrected chi connectivity index (χ3v) is 3.69. The highest BCUT2D eigenvalue weighted by atomic mass is 16.5. The summed E-state index contributed by atoms with van der Waals surface area (Å²) >= 11 is 0. The number of ether oxygens (including phenoxy) is 1. The number of amides is 1. The Morgan fingerprint density at radius 1 is 1.37 bits per heavy atom. The molecule has 0 radical (unpaired) electrons. The summed E-state index contributed by atoms with van der Waals surface area (Å²) in [6.45, 7) is 6.82. The van der Waals surface area contributed by atoms with Gasteiger partial charge in [-0.15, -0.1) is 0 Å². The van der Waals surface area contributed by atoms with Crippen LogP contribution in [0.3, 0.4) is 0 Å². The number of aryl methyl sites for hydroxylation is 1. The van der Waals surface area contributed by atoms with E-state index in [0.717, 1.165) is 37.1 Å². The maximum absolute atomic E-state index is 12.0. The van der Waals surface area contributed by atoms with Crippen molar-refractivity contribution in [3.05, 3.63) is 23.8 Å². The Morgan fingerprint density at radius 2 is 2.11 bits per heavy atom. The molecular weight excluding hydrogens is 238 g/mol. The summed E-state index contributed by atoms with van der Waals surface area (Å²) in [6.07, 6.45) is 4.03. The Hall–Kier alpha value is -1.51. The molecule has 0 aliphatic heterocycles. The van der Waals surface area contributed by atoms with Crippen LogP contribution in [0.5, 0.6) is 5.75 Å². The molecule has 0 spiro atoms. The highest BCUT2D eigenvalue weighted by Gasteiger charge is 2.44. The van der Waals surface area contributed by atoms with E-state index in [9.17, 15) is 4.79 Å². The summed E-state index contributed by atoms with van der Waals surface area (Å²) in [7, 11) is 0. The number of benzene rings is 1. The molecule has 2 rings (SSSR count). The lowest BCUT2D eigenvalue weighted by Crippen LogP contribution is -2.21. The van der Waals surface area contributed by atoms with E-state index < -0.39 is 0 Å². The fourth-order valence-electron chi connectivity index (χ4n) is 2.11. The average molecular weight is 261 g/mol. The molecule has 0 bridgehead atoms. The second kappa shape index (κ2) is 5.64. The van der Waals surface area contributed by atoms with Crippen LogP contribution in [0, 0.1) is 5.41 Å². The lowest BCUT2D eigenvalue weighted by Gasteiger charge is -2.14. The van der Waals surface area contributed by atoms with Crippen LogP contribution >= 0.6 is 0 Å². The molecule has 3 heteroatoms. The van der Waals surface area contributed by atoms with Gasteiger partial charge in [0.25, 0.3) is 0 Å². The maximum Gasteiger partial charge on any atom is 0.230 e. The first-order valence-corrected chi connectivity index (χ1v) is 7.16. The second-order valence-corrected chi connectivity index (χ2v) is 5.52. The molecular formula is C16H23NO2. The van der Waals surface area contributed by atoms with Crippen LogP contribution in [-0.2, 0) is 11.2 Å². The second-order valence-electron chi connectivity index (χ2n) is 5.52. The van der Waals surface area contributed by atoms with Crippen molar-refractivity contribution >= 4 is 11.6 Å². The molecule has 1 aliphatic rings. The summed E-state index contributed by atoms with van der Waals surface area (Å²) in [5.41, 5.74) is 1.91. The topological polar surface area (TPSA) is 38.3 Å². The zero-order valence-electron chi connectivity index (χ0n) is 12.1. The molecule has 1 saturated carbocycles. The van der Waals surface area contributed by atoms with Gasteiger partial charge in [0.2, 0.25) is 5.91 Å². The van der Waals surface area contributed by atoms with E-state index in [0.29, 0.717) is 6.61 Å². The number of hydrogen-bond donors (Lipinski definition) is 1. The lowest BCUT2D eigenvalue weighted by molar-refractivity contribution is -0.120. The summed E-state index contributed by atoms with van der Waals surface area (Å²) in [4.78, 5) is 12.0. The first kappa shape index (κ1) is 13.9. The van der Waals surface area contributed by atoms with Crippen LogP contribution in [0.1, 0.15) is 45.6 Å². The standard InChI is InChI=1S/C16H23NO2/c1-4-6-12-11-13(7-8-14(12)19-5-2)17-15(18)16(3)9-10-16/h7-8,11H,4-6,9-10H2,1-3H3,(H,17,18). The number of rotatable bonds is 6. The first-order valence-electron chi connectivity index (χ1n) is 7.16. The van der Waals surface area contributed by atoms with Crippen LogP contribution in [0.25, 0.3) is 0 Å². The SMILES string of the molecule is CCCc1cc(NC(=O)C2(C)CC2)ccc1OCC. The van der Waals surface area contributed by atoms with Gasteiger partial charge in [0.1, 0.15) is 5.75 Å². The quantitative estimate of drug-likeness (QED) is 0.846. The van der Waals surface area contributed by atoms with Gasteiger partial charge in [0.15, 0.2) is 0 Å². The van der Waals surface area contributed by atoms with Gasteiger partial charge < -0.3 is 10.1 Å². The Bertz CT molecular complexity index is 464. The number of carbonyl (C=O) groups is 1. The lowest BCUT2D eigenvalue weighted by atomic mass is 10.1. The molecule has 104 valence electrons. The van der Waals surface area contributed by atoms with E-state index in [2.05, 4.69) is 12.2 Å². The van der Waals surface area contributed by atoms with Gasteiger partial charge in [-0.25, -0.2) is 0 Å². The summed E-state index contributed by atoms with van der Waals surface area (Å²) in [5, 5.41) is 3.02. The predicted molar refractivity (Wildman–Crippen MR) is 77.6 cm³/mol. The highest BCUT2D eigenvalue weighted by molar-refractivity contribution is 5.96. The zero-order valence-corrected chi connectivity index (χ0v) is 12.1. The third-order valence-electron chi connectivity index (χ3n) is 3.69. The fraction of sp³-hybridized carbons (Fsp3) is 0.562. The van der Waals surface area contributed by atoms with Gasteiger partial charge in [-0.1, -0.05) is 20.3 Å². The summed E-state index contributed by atoms with van der Waals surface area (Å²) in [5.74, 6) is 1.07. The van der Waals surface area contributed by atoms with Crippen LogP contribution in [0.15, 0.2) is 18.2 Å². The van der Waals surface area contributed by atoms with Crippen LogP contribution in [-0.4, -0.2) is 12.5 Å². The van der Waals surface area contributed by atoms with Crippen molar-refractivity contribution < 1.29 is 9.53 Å². The van der Waals surface area contributed by atoms with Crippen molar-refractivity contribution in [2.45, 2.75) is 46.5 Å². The summed E-state index contributed by atoms with van der Waals surface area (Å²) in [6, 6.07) is 5.92. The van der Waals surface area contributed by atoms with Crippen molar-refractivity contribution in [3.8, 4) is 5.75 Å². The molecule has 0 aromatic heterocycles. The minimum atomic E-state index is -0.135. The Balaban J connectivity index is 2.12. The van der Waals surface area contributed by atoms with E-state index in [-0.39, 0.29) is 11.3 Å². The fourth-order valence-corrected chi connectivity index (χ4v) is 2.11. The van der Waals surface area contributed by atoms with E-state index in [1.807, 2.05) is 32.0 Å². The molecule has 1 aromatic rings. The van der Waals surface area contributed by atoms with Gasteiger partial charge >= 0.3 is 0 Å². The molecule has 0 atom stereocenters. The zero-order chi connectivity index (χ0) is 13.9. The third kappa shape index (κ3) is 3.28. The van der Waals surface area contributed by atoms with Crippen molar-refractivity contribution in [2.75, 3.05) is 11.9 Å². The maximum atomic E-state index is 12.0. The van der Waals surface area contributed by atoms with E-state index >= 15 is 0 Å². The number of anilines is 1. The largest absolute Gasteiger partial charge is 0.494 e. The average Bonchev–Trinajstić information content (AvgIpc) is 3.13. The highest BCUT2D eigenvalue weighted by Crippen LogP contribution is 2.45. The van der Waals surface area contributed by atoms with Crippen LogP contribution in [0.2, 0.25) is 0 Å². The molecule has 19 heavy (non-hydrogen) atoms. The molecule has 0 unspecified atom stereocenters.